The van der Waals surface area contributed by atoms with Crippen LogP contribution in [0.4, 0.5) is 0 Å². The molecule has 0 aromatic carbocycles. The van der Waals surface area contributed by atoms with E-state index in [-0.39, 0.29) is 18.9 Å². The molecule has 1 rings (SSSR count). The highest BCUT2D eigenvalue weighted by molar-refractivity contribution is 7.12. The molecule has 0 bridgehead atoms. The molecule has 0 aliphatic rings. The van der Waals surface area contributed by atoms with Gasteiger partial charge in [0.25, 0.3) is 5.91 Å². The van der Waals surface area contributed by atoms with Gasteiger partial charge in [-0.25, -0.2) is 0 Å². The first kappa shape index (κ1) is 12.7. The maximum Gasteiger partial charge on any atom is 0.305 e. The molecule has 0 saturated heterocycles. The van der Waals surface area contributed by atoms with Crippen LogP contribution in [0.25, 0.3) is 0 Å². The van der Waals surface area contributed by atoms with E-state index in [4.69, 9.17) is 5.11 Å². The van der Waals surface area contributed by atoms with Gasteiger partial charge in [-0.1, -0.05) is 0 Å². The van der Waals surface area contributed by atoms with Gasteiger partial charge < -0.3 is 10.0 Å². The summed E-state index contributed by atoms with van der Waals surface area (Å²) in [7, 11) is 0. The fourth-order valence-corrected chi connectivity index (χ4v) is 2.26. The monoisotopic (exact) mass is 241 g/mol. The third-order valence-corrected chi connectivity index (χ3v) is 3.33. The molecule has 0 saturated carbocycles. The lowest BCUT2D eigenvalue weighted by atomic mass is 10.2. The quantitative estimate of drug-likeness (QED) is 0.857. The van der Waals surface area contributed by atoms with Crippen LogP contribution in [0.15, 0.2) is 11.4 Å². The predicted molar refractivity (Wildman–Crippen MR) is 62.9 cm³/mol. The Kier molecular flexibility index (Phi) is 4.49. The van der Waals surface area contributed by atoms with Gasteiger partial charge in [0, 0.05) is 13.1 Å². The maximum absolute atomic E-state index is 12.0. The molecule has 4 nitrogen and oxygen atoms in total. The summed E-state index contributed by atoms with van der Waals surface area (Å²) in [5.41, 5.74) is 0.948. The molecule has 0 spiro atoms. The zero-order valence-electron chi connectivity index (χ0n) is 9.40. The van der Waals surface area contributed by atoms with Crippen molar-refractivity contribution in [3.63, 3.8) is 0 Å². The van der Waals surface area contributed by atoms with Crippen molar-refractivity contribution in [3.05, 3.63) is 21.9 Å². The predicted octanol–water partition coefficient (Wildman–Crippen LogP) is 1.99. The van der Waals surface area contributed by atoms with Crippen molar-refractivity contribution in [2.24, 2.45) is 0 Å². The van der Waals surface area contributed by atoms with Crippen LogP contribution in [-0.2, 0) is 4.79 Å². The van der Waals surface area contributed by atoms with Crippen LogP contribution in [0.2, 0.25) is 0 Å². The third-order valence-electron chi connectivity index (χ3n) is 2.32. The van der Waals surface area contributed by atoms with E-state index in [0.717, 1.165) is 5.56 Å². The fourth-order valence-electron chi connectivity index (χ4n) is 1.37. The van der Waals surface area contributed by atoms with Crippen LogP contribution >= 0.6 is 11.3 Å². The van der Waals surface area contributed by atoms with E-state index in [1.54, 1.807) is 4.90 Å². The lowest BCUT2D eigenvalue weighted by Gasteiger charge is -2.19. The summed E-state index contributed by atoms with van der Waals surface area (Å²) in [5.74, 6) is -0.953. The number of carbonyl (C=O) groups is 2. The minimum absolute atomic E-state index is 0.00992. The van der Waals surface area contributed by atoms with Crippen LogP contribution in [0, 0.1) is 6.92 Å². The number of carboxylic acids is 1. The van der Waals surface area contributed by atoms with Gasteiger partial charge in [0.2, 0.25) is 0 Å². The van der Waals surface area contributed by atoms with E-state index in [1.165, 1.54) is 11.3 Å². The fraction of sp³-hybridized carbons (Fsp3) is 0.455. The molecular formula is C11H15NO3S. The molecule has 1 heterocycles. The number of aryl methyl sites for hydroxylation is 1. The molecule has 0 aliphatic heterocycles. The number of amides is 1. The summed E-state index contributed by atoms with van der Waals surface area (Å²) in [4.78, 5) is 24.7. The highest BCUT2D eigenvalue weighted by Crippen LogP contribution is 2.17. The summed E-state index contributed by atoms with van der Waals surface area (Å²) >= 11 is 1.40. The van der Waals surface area contributed by atoms with Gasteiger partial charge in [-0.15, -0.1) is 11.3 Å². The van der Waals surface area contributed by atoms with Crippen molar-refractivity contribution in [2.75, 3.05) is 13.1 Å². The first-order valence-corrected chi connectivity index (χ1v) is 5.99. The Balaban J connectivity index is 2.70. The SMILES string of the molecule is CCN(CCC(=O)O)C(=O)c1sccc1C. The van der Waals surface area contributed by atoms with Crippen LogP contribution in [0.1, 0.15) is 28.6 Å². The topological polar surface area (TPSA) is 57.6 Å². The van der Waals surface area contributed by atoms with Crippen molar-refractivity contribution >= 4 is 23.2 Å². The van der Waals surface area contributed by atoms with Gasteiger partial charge in [0.15, 0.2) is 0 Å². The number of rotatable bonds is 5. The van der Waals surface area contributed by atoms with Crippen LogP contribution < -0.4 is 0 Å². The largest absolute Gasteiger partial charge is 0.481 e. The number of hydrogen-bond acceptors (Lipinski definition) is 3. The second kappa shape index (κ2) is 5.65. The summed E-state index contributed by atoms with van der Waals surface area (Å²) in [5, 5.41) is 10.5. The van der Waals surface area contributed by atoms with Gasteiger partial charge in [0.1, 0.15) is 0 Å². The number of carboxylic acid groups (broad SMARTS) is 1. The third kappa shape index (κ3) is 3.06. The number of carbonyl (C=O) groups excluding carboxylic acids is 1. The molecular weight excluding hydrogens is 226 g/mol. The lowest BCUT2D eigenvalue weighted by molar-refractivity contribution is -0.137. The molecule has 0 unspecified atom stereocenters. The maximum atomic E-state index is 12.0. The van der Waals surface area contributed by atoms with Gasteiger partial charge >= 0.3 is 5.97 Å². The van der Waals surface area contributed by atoms with E-state index >= 15 is 0 Å². The van der Waals surface area contributed by atoms with E-state index in [2.05, 4.69) is 0 Å². The molecule has 88 valence electrons. The highest BCUT2D eigenvalue weighted by atomic mass is 32.1. The summed E-state index contributed by atoms with van der Waals surface area (Å²) in [6.45, 7) is 4.53. The van der Waals surface area contributed by atoms with Gasteiger partial charge in [-0.05, 0) is 30.9 Å². The number of nitrogens with zero attached hydrogens (tertiary/aromatic N) is 1. The Morgan fingerprint density at radius 1 is 1.50 bits per heavy atom. The average Bonchev–Trinajstić information content (AvgIpc) is 2.64. The van der Waals surface area contributed by atoms with E-state index in [1.807, 2.05) is 25.3 Å². The Labute approximate surface area is 98.5 Å². The smallest absolute Gasteiger partial charge is 0.305 e. The van der Waals surface area contributed by atoms with E-state index in [0.29, 0.717) is 11.4 Å². The Morgan fingerprint density at radius 2 is 2.19 bits per heavy atom. The summed E-state index contributed by atoms with van der Waals surface area (Å²) in [6.07, 6.45) is -0.00992. The molecule has 1 amide bonds. The summed E-state index contributed by atoms with van der Waals surface area (Å²) < 4.78 is 0. The van der Waals surface area contributed by atoms with Crippen molar-refractivity contribution in [2.45, 2.75) is 20.3 Å². The molecule has 0 radical (unpaired) electrons. The second-order valence-corrected chi connectivity index (χ2v) is 4.38. The first-order valence-electron chi connectivity index (χ1n) is 5.11. The van der Waals surface area contributed by atoms with Crippen LogP contribution in [0.3, 0.4) is 0 Å². The minimum Gasteiger partial charge on any atom is -0.481 e. The second-order valence-electron chi connectivity index (χ2n) is 3.46. The number of thiophene rings is 1. The molecule has 0 aliphatic carbocycles. The standard InChI is InChI=1S/C11H15NO3S/c1-3-12(6-4-9(13)14)11(15)10-8(2)5-7-16-10/h5,7H,3-4,6H2,1-2H3,(H,13,14). The Bertz CT molecular complexity index is 386. The van der Waals surface area contributed by atoms with E-state index in [9.17, 15) is 9.59 Å². The van der Waals surface area contributed by atoms with Crippen molar-refractivity contribution < 1.29 is 14.7 Å². The van der Waals surface area contributed by atoms with Gasteiger partial charge in [-0.3, -0.25) is 9.59 Å². The van der Waals surface area contributed by atoms with Gasteiger partial charge in [0.05, 0.1) is 11.3 Å². The number of hydrogen-bond donors (Lipinski definition) is 1. The zero-order valence-corrected chi connectivity index (χ0v) is 10.2. The van der Waals surface area contributed by atoms with Crippen molar-refractivity contribution in [1.29, 1.82) is 0 Å². The molecule has 0 atom stereocenters. The Hall–Kier alpha value is -1.36. The van der Waals surface area contributed by atoms with Crippen molar-refractivity contribution in [3.8, 4) is 0 Å². The van der Waals surface area contributed by atoms with Crippen molar-refractivity contribution in [1.82, 2.24) is 4.90 Å². The normalized spacial score (nSPS) is 10.1. The highest BCUT2D eigenvalue weighted by Gasteiger charge is 2.17. The Morgan fingerprint density at radius 3 is 2.62 bits per heavy atom. The van der Waals surface area contributed by atoms with E-state index < -0.39 is 5.97 Å². The van der Waals surface area contributed by atoms with Gasteiger partial charge in [-0.2, -0.15) is 0 Å². The molecule has 16 heavy (non-hydrogen) atoms. The molecule has 1 N–H and O–H groups in total. The van der Waals surface area contributed by atoms with Crippen LogP contribution in [-0.4, -0.2) is 35.0 Å². The zero-order chi connectivity index (χ0) is 12.1. The lowest BCUT2D eigenvalue weighted by Crippen LogP contribution is -2.32. The molecule has 5 heteroatoms. The number of aliphatic carboxylic acids is 1. The molecule has 0 fully saturated rings. The van der Waals surface area contributed by atoms with Crippen LogP contribution in [0.5, 0.6) is 0 Å². The minimum atomic E-state index is -0.880. The average molecular weight is 241 g/mol. The summed E-state index contributed by atoms with van der Waals surface area (Å²) in [6, 6.07) is 1.89. The first-order chi connectivity index (χ1) is 7.56. The molecule has 1 aromatic heterocycles. The molecule has 1 aromatic rings.